The Morgan fingerprint density at radius 1 is 1.35 bits per heavy atom. The molecule has 84 valence electrons. The summed E-state index contributed by atoms with van der Waals surface area (Å²) in [7, 11) is 0. The van der Waals surface area contributed by atoms with Crippen LogP contribution < -0.4 is 5.01 Å². The van der Waals surface area contributed by atoms with Crippen LogP contribution in [0.25, 0.3) is 0 Å². The molecule has 0 atom stereocenters. The summed E-state index contributed by atoms with van der Waals surface area (Å²) in [5.74, 6) is -0.985. The molecule has 0 saturated carbocycles. The molecule has 0 spiro atoms. The molecular formula is C12H9N3O2. The molecular weight excluding hydrogens is 218 g/mol. The van der Waals surface area contributed by atoms with E-state index in [9.17, 15) is 9.59 Å². The molecule has 0 fully saturated rings. The van der Waals surface area contributed by atoms with Gasteiger partial charge in [-0.25, -0.2) is 4.99 Å². The Labute approximate surface area is 97.8 Å². The molecule has 1 aliphatic rings. The van der Waals surface area contributed by atoms with Crippen LogP contribution in [-0.2, 0) is 9.59 Å². The van der Waals surface area contributed by atoms with Crippen molar-refractivity contribution in [3.8, 4) is 0 Å². The minimum Gasteiger partial charge on any atom is -0.267 e. The largest absolute Gasteiger partial charge is 0.299 e. The lowest BCUT2D eigenvalue weighted by atomic mass is 10.3. The molecule has 1 aromatic rings. The second-order valence-corrected chi connectivity index (χ2v) is 3.24. The smallest absolute Gasteiger partial charge is 0.267 e. The molecule has 2 amide bonds. The average molecular weight is 227 g/mol. The summed E-state index contributed by atoms with van der Waals surface area (Å²) in [5, 5.41) is 5.09. The van der Waals surface area contributed by atoms with E-state index in [1.807, 2.05) is 6.07 Å². The molecule has 1 heterocycles. The zero-order chi connectivity index (χ0) is 12.3. The number of para-hydroxylation sites is 1. The quantitative estimate of drug-likeness (QED) is 0.712. The van der Waals surface area contributed by atoms with Crippen molar-refractivity contribution >= 4 is 29.4 Å². The van der Waals surface area contributed by atoms with E-state index in [4.69, 9.17) is 0 Å². The molecule has 0 aliphatic carbocycles. The SMILES string of the molecule is C=CC(=O)N=C1C=NN(c2ccccc2)C1=O. The lowest BCUT2D eigenvalue weighted by Gasteiger charge is -2.10. The minimum absolute atomic E-state index is 0.0127. The first-order valence-corrected chi connectivity index (χ1v) is 4.91. The number of hydrazone groups is 1. The van der Waals surface area contributed by atoms with Gasteiger partial charge >= 0.3 is 0 Å². The average Bonchev–Trinajstić information content (AvgIpc) is 2.72. The highest BCUT2D eigenvalue weighted by Gasteiger charge is 2.25. The third kappa shape index (κ3) is 2.17. The summed E-state index contributed by atoms with van der Waals surface area (Å²) < 4.78 is 0. The summed E-state index contributed by atoms with van der Waals surface area (Å²) in [4.78, 5) is 26.4. The first-order chi connectivity index (χ1) is 8.22. The van der Waals surface area contributed by atoms with Crippen molar-refractivity contribution < 1.29 is 9.59 Å². The molecule has 1 aliphatic heterocycles. The summed E-state index contributed by atoms with van der Waals surface area (Å²) in [5.41, 5.74) is 0.642. The topological polar surface area (TPSA) is 62.1 Å². The number of carbonyl (C=O) groups excluding carboxylic acids is 2. The maximum absolute atomic E-state index is 11.8. The number of carbonyl (C=O) groups is 2. The Kier molecular flexibility index (Phi) is 2.91. The Hall–Kier alpha value is -2.56. The summed E-state index contributed by atoms with van der Waals surface area (Å²) >= 11 is 0. The van der Waals surface area contributed by atoms with Crippen molar-refractivity contribution in [3.05, 3.63) is 43.0 Å². The zero-order valence-electron chi connectivity index (χ0n) is 8.91. The number of rotatable bonds is 2. The van der Waals surface area contributed by atoms with Gasteiger partial charge in [-0.15, -0.1) is 0 Å². The normalized spacial score (nSPS) is 16.6. The van der Waals surface area contributed by atoms with Crippen LogP contribution in [0.1, 0.15) is 0 Å². The lowest BCUT2D eigenvalue weighted by Crippen LogP contribution is -2.26. The molecule has 0 saturated heterocycles. The van der Waals surface area contributed by atoms with E-state index in [0.29, 0.717) is 5.69 Å². The van der Waals surface area contributed by atoms with Crippen molar-refractivity contribution in [2.24, 2.45) is 10.1 Å². The minimum atomic E-state index is -0.560. The van der Waals surface area contributed by atoms with Crippen molar-refractivity contribution in [1.82, 2.24) is 0 Å². The molecule has 0 unspecified atom stereocenters. The molecule has 0 radical (unpaired) electrons. The van der Waals surface area contributed by atoms with E-state index in [1.165, 1.54) is 11.2 Å². The maximum Gasteiger partial charge on any atom is 0.299 e. The van der Waals surface area contributed by atoms with E-state index < -0.39 is 11.8 Å². The Morgan fingerprint density at radius 2 is 2.06 bits per heavy atom. The van der Waals surface area contributed by atoms with E-state index in [0.717, 1.165) is 6.08 Å². The highest BCUT2D eigenvalue weighted by Crippen LogP contribution is 2.16. The highest BCUT2D eigenvalue weighted by atomic mass is 16.2. The number of amides is 2. The van der Waals surface area contributed by atoms with Crippen LogP contribution in [0, 0.1) is 0 Å². The fourth-order valence-corrected chi connectivity index (χ4v) is 1.32. The molecule has 5 nitrogen and oxygen atoms in total. The van der Waals surface area contributed by atoms with E-state index in [2.05, 4.69) is 16.7 Å². The first-order valence-electron chi connectivity index (χ1n) is 4.91. The van der Waals surface area contributed by atoms with Gasteiger partial charge in [-0.3, -0.25) is 9.59 Å². The van der Waals surface area contributed by atoms with Gasteiger partial charge in [0.1, 0.15) is 0 Å². The third-order valence-corrected chi connectivity index (χ3v) is 2.11. The molecule has 0 N–H and O–H groups in total. The van der Waals surface area contributed by atoms with Crippen LogP contribution in [0.4, 0.5) is 5.69 Å². The van der Waals surface area contributed by atoms with Crippen molar-refractivity contribution in [3.63, 3.8) is 0 Å². The van der Waals surface area contributed by atoms with Gasteiger partial charge in [0.15, 0.2) is 5.71 Å². The van der Waals surface area contributed by atoms with Crippen molar-refractivity contribution in [2.45, 2.75) is 0 Å². The van der Waals surface area contributed by atoms with Crippen LogP contribution in [0.2, 0.25) is 0 Å². The fourth-order valence-electron chi connectivity index (χ4n) is 1.32. The van der Waals surface area contributed by atoms with Crippen molar-refractivity contribution in [1.29, 1.82) is 0 Å². The number of benzene rings is 1. The standard InChI is InChI=1S/C12H9N3O2/c1-2-11(16)14-10-8-13-15(12(10)17)9-6-4-3-5-7-9/h2-8H,1H2. The van der Waals surface area contributed by atoms with Crippen LogP contribution in [0.15, 0.2) is 53.1 Å². The number of anilines is 1. The first kappa shape index (κ1) is 10.9. The van der Waals surface area contributed by atoms with Gasteiger partial charge in [0.2, 0.25) is 0 Å². The van der Waals surface area contributed by atoms with Crippen LogP contribution in [0.3, 0.4) is 0 Å². The molecule has 0 bridgehead atoms. The number of aliphatic imine (C=N–C) groups is 1. The van der Waals surface area contributed by atoms with Gasteiger partial charge in [-0.05, 0) is 18.2 Å². The van der Waals surface area contributed by atoms with Gasteiger partial charge in [0.25, 0.3) is 11.8 Å². The van der Waals surface area contributed by atoms with Gasteiger partial charge < -0.3 is 0 Å². The van der Waals surface area contributed by atoms with Gasteiger partial charge in [0, 0.05) is 0 Å². The second-order valence-electron chi connectivity index (χ2n) is 3.24. The van der Waals surface area contributed by atoms with Crippen molar-refractivity contribution in [2.75, 3.05) is 5.01 Å². The van der Waals surface area contributed by atoms with Crippen LogP contribution >= 0.6 is 0 Å². The van der Waals surface area contributed by atoms with Crippen LogP contribution in [-0.4, -0.2) is 23.7 Å². The zero-order valence-corrected chi connectivity index (χ0v) is 8.91. The molecule has 17 heavy (non-hydrogen) atoms. The predicted molar refractivity (Wildman–Crippen MR) is 65.1 cm³/mol. The lowest BCUT2D eigenvalue weighted by molar-refractivity contribution is -0.115. The predicted octanol–water partition coefficient (Wildman–Crippen LogP) is 1.17. The molecule has 2 rings (SSSR count). The van der Waals surface area contributed by atoms with E-state index >= 15 is 0 Å². The number of nitrogens with zero attached hydrogens (tertiary/aromatic N) is 3. The fraction of sp³-hybridized carbons (Fsp3) is 0. The molecule has 5 heteroatoms. The van der Waals surface area contributed by atoms with E-state index in [-0.39, 0.29) is 5.71 Å². The maximum atomic E-state index is 11.8. The third-order valence-electron chi connectivity index (χ3n) is 2.11. The number of hydrogen-bond acceptors (Lipinski definition) is 3. The summed E-state index contributed by atoms with van der Waals surface area (Å²) in [6.45, 7) is 3.28. The summed E-state index contributed by atoms with van der Waals surface area (Å²) in [6.07, 6.45) is 2.30. The Bertz CT molecular complexity index is 532. The van der Waals surface area contributed by atoms with Gasteiger partial charge in [-0.1, -0.05) is 24.8 Å². The highest BCUT2D eigenvalue weighted by molar-refractivity contribution is 6.66. The Morgan fingerprint density at radius 3 is 2.71 bits per heavy atom. The van der Waals surface area contributed by atoms with Gasteiger partial charge in [0.05, 0.1) is 11.9 Å². The second kappa shape index (κ2) is 4.52. The van der Waals surface area contributed by atoms with Gasteiger partial charge in [-0.2, -0.15) is 10.1 Å². The Balaban J connectivity index is 2.26. The monoisotopic (exact) mass is 227 g/mol. The number of hydrogen-bond donors (Lipinski definition) is 0. The molecule has 0 aromatic heterocycles. The summed E-state index contributed by atoms with van der Waals surface area (Å²) in [6, 6.07) is 8.91. The van der Waals surface area contributed by atoms with E-state index in [1.54, 1.807) is 24.3 Å². The van der Waals surface area contributed by atoms with Crippen LogP contribution in [0.5, 0.6) is 0 Å². The molecule has 1 aromatic carbocycles.